The van der Waals surface area contributed by atoms with Crippen LogP contribution in [0.3, 0.4) is 0 Å². The zero-order chi connectivity index (χ0) is 21.1. The second kappa shape index (κ2) is 8.90. The van der Waals surface area contributed by atoms with Gasteiger partial charge in [-0.1, -0.05) is 56.3 Å². The lowest BCUT2D eigenvalue weighted by molar-refractivity contribution is -0.141. The van der Waals surface area contributed by atoms with Gasteiger partial charge in [0.05, 0.1) is 0 Å². The fourth-order valence-corrected chi connectivity index (χ4v) is 4.13. The van der Waals surface area contributed by atoms with Crippen LogP contribution in [0.5, 0.6) is 5.75 Å². The lowest BCUT2D eigenvalue weighted by atomic mass is 10.0. The summed E-state index contributed by atoms with van der Waals surface area (Å²) >= 11 is 0. The zero-order valence-electron chi connectivity index (χ0n) is 17.8. The van der Waals surface area contributed by atoms with Gasteiger partial charge in [-0.3, -0.25) is 9.59 Å². The van der Waals surface area contributed by atoms with Gasteiger partial charge >= 0.3 is 0 Å². The van der Waals surface area contributed by atoms with Gasteiger partial charge in [-0.05, 0) is 41.5 Å². The average Bonchev–Trinajstić information content (AvgIpc) is 3.59. The van der Waals surface area contributed by atoms with Gasteiger partial charge in [0.25, 0.3) is 5.91 Å². The number of rotatable bonds is 6. The predicted octanol–water partition coefficient (Wildman–Crippen LogP) is 3.66. The van der Waals surface area contributed by atoms with Crippen LogP contribution in [-0.4, -0.2) is 54.4 Å². The molecule has 2 atom stereocenters. The largest absolute Gasteiger partial charge is 0.484 e. The van der Waals surface area contributed by atoms with Crippen molar-refractivity contribution < 1.29 is 14.3 Å². The van der Waals surface area contributed by atoms with Crippen molar-refractivity contribution in [2.24, 2.45) is 5.92 Å². The number of ether oxygens (including phenoxy) is 1. The second-order valence-electron chi connectivity index (χ2n) is 8.58. The summed E-state index contributed by atoms with van der Waals surface area (Å²) in [6.45, 7) is 6.68. The Balaban J connectivity index is 1.21. The Labute approximate surface area is 178 Å². The maximum Gasteiger partial charge on any atom is 0.260 e. The first-order valence-corrected chi connectivity index (χ1v) is 10.9. The van der Waals surface area contributed by atoms with E-state index in [9.17, 15) is 9.59 Å². The van der Waals surface area contributed by atoms with Gasteiger partial charge in [-0.15, -0.1) is 0 Å². The summed E-state index contributed by atoms with van der Waals surface area (Å²) in [4.78, 5) is 29.0. The summed E-state index contributed by atoms with van der Waals surface area (Å²) in [5.74, 6) is 1.85. The number of hydrogen-bond donors (Lipinski definition) is 0. The number of carbonyl (C=O) groups excluding carboxylic acids is 2. The summed E-state index contributed by atoms with van der Waals surface area (Å²) in [6.07, 6.45) is 0.936. The SMILES string of the molecule is CC(C)c1ccc(OCC(=O)N2CCN(C(=O)C3CC3c3ccccc3)CC2)cc1. The minimum Gasteiger partial charge on any atom is -0.484 e. The van der Waals surface area contributed by atoms with Gasteiger partial charge in [-0.2, -0.15) is 0 Å². The van der Waals surface area contributed by atoms with Crippen LogP contribution in [0.25, 0.3) is 0 Å². The van der Waals surface area contributed by atoms with E-state index in [4.69, 9.17) is 4.74 Å². The molecule has 2 amide bonds. The molecular formula is C25H30N2O3. The summed E-state index contributed by atoms with van der Waals surface area (Å²) in [6, 6.07) is 18.2. The van der Waals surface area contributed by atoms with Crippen molar-refractivity contribution in [3.8, 4) is 5.75 Å². The summed E-state index contributed by atoms with van der Waals surface area (Å²) in [5.41, 5.74) is 2.50. The van der Waals surface area contributed by atoms with E-state index in [0.717, 1.165) is 6.42 Å². The van der Waals surface area contributed by atoms with E-state index in [1.165, 1.54) is 11.1 Å². The molecule has 0 radical (unpaired) electrons. The molecule has 30 heavy (non-hydrogen) atoms. The first-order chi connectivity index (χ1) is 14.5. The summed E-state index contributed by atoms with van der Waals surface area (Å²) in [5, 5.41) is 0. The molecule has 5 nitrogen and oxygen atoms in total. The molecule has 2 aliphatic rings. The van der Waals surface area contributed by atoms with Crippen LogP contribution in [0.15, 0.2) is 54.6 Å². The highest BCUT2D eigenvalue weighted by Gasteiger charge is 2.46. The Bertz CT molecular complexity index is 871. The van der Waals surface area contributed by atoms with Crippen LogP contribution >= 0.6 is 0 Å². The van der Waals surface area contributed by atoms with E-state index >= 15 is 0 Å². The molecule has 0 aromatic heterocycles. The van der Waals surface area contributed by atoms with E-state index in [1.807, 2.05) is 47.4 Å². The van der Waals surface area contributed by atoms with Crippen molar-refractivity contribution >= 4 is 11.8 Å². The van der Waals surface area contributed by atoms with E-state index in [-0.39, 0.29) is 24.3 Å². The van der Waals surface area contributed by atoms with Gasteiger partial charge in [0.15, 0.2) is 6.61 Å². The highest BCUT2D eigenvalue weighted by molar-refractivity contribution is 5.83. The molecular weight excluding hydrogens is 376 g/mol. The van der Waals surface area contributed by atoms with Gasteiger partial charge in [0.2, 0.25) is 5.91 Å². The normalized spacial score (nSPS) is 20.9. The number of hydrogen-bond acceptors (Lipinski definition) is 3. The van der Waals surface area contributed by atoms with Crippen molar-refractivity contribution in [1.29, 1.82) is 0 Å². The van der Waals surface area contributed by atoms with Crippen LogP contribution in [0.2, 0.25) is 0 Å². The Morgan fingerprint density at radius 2 is 1.57 bits per heavy atom. The van der Waals surface area contributed by atoms with E-state index < -0.39 is 0 Å². The van der Waals surface area contributed by atoms with Crippen LogP contribution in [0, 0.1) is 5.92 Å². The smallest absolute Gasteiger partial charge is 0.260 e. The zero-order valence-corrected chi connectivity index (χ0v) is 17.8. The van der Waals surface area contributed by atoms with E-state index in [0.29, 0.717) is 43.8 Å². The summed E-state index contributed by atoms with van der Waals surface area (Å²) < 4.78 is 5.67. The first kappa shape index (κ1) is 20.5. The first-order valence-electron chi connectivity index (χ1n) is 10.9. The fourth-order valence-electron chi connectivity index (χ4n) is 4.13. The number of piperazine rings is 1. The van der Waals surface area contributed by atoms with Crippen molar-refractivity contribution in [1.82, 2.24) is 9.80 Å². The minimum absolute atomic E-state index is 0.0244. The average molecular weight is 407 g/mol. The Hall–Kier alpha value is -2.82. The number of amides is 2. The van der Waals surface area contributed by atoms with Crippen LogP contribution in [-0.2, 0) is 9.59 Å². The molecule has 2 unspecified atom stereocenters. The van der Waals surface area contributed by atoms with Crippen LogP contribution < -0.4 is 4.74 Å². The molecule has 1 saturated carbocycles. The fraction of sp³-hybridized carbons (Fsp3) is 0.440. The molecule has 2 aromatic rings. The van der Waals surface area contributed by atoms with Gasteiger partial charge < -0.3 is 14.5 Å². The Kier molecular flexibility index (Phi) is 6.07. The van der Waals surface area contributed by atoms with Gasteiger partial charge in [-0.25, -0.2) is 0 Å². The molecule has 5 heteroatoms. The Morgan fingerprint density at radius 1 is 0.933 bits per heavy atom. The minimum atomic E-state index is -0.0244. The maximum atomic E-state index is 12.8. The second-order valence-corrected chi connectivity index (χ2v) is 8.58. The molecule has 2 fully saturated rings. The molecule has 4 rings (SSSR count). The topological polar surface area (TPSA) is 49.9 Å². The standard InChI is InChI=1S/C25H30N2O3/c1-18(2)19-8-10-21(11-9-19)30-17-24(28)26-12-14-27(15-13-26)25(29)23-16-22(23)20-6-4-3-5-7-20/h3-11,18,22-23H,12-17H2,1-2H3. The van der Waals surface area contributed by atoms with Crippen molar-refractivity contribution in [3.63, 3.8) is 0 Å². The molecule has 1 saturated heterocycles. The lowest BCUT2D eigenvalue weighted by Crippen LogP contribution is -2.52. The van der Waals surface area contributed by atoms with E-state index in [2.05, 4.69) is 26.0 Å². The molecule has 0 spiro atoms. The highest BCUT2D eigenvalue weighted by atomic mass is 16.5. The third-order valence-corrected chi connectivity index (χ3v) is 6.19. The van der Waals surface area contributed by atoms with Crippen molar-refractivity contribution in [2.75, 3.05) is 32.8 Å². The molecule has 0 N–H and O–H groups in total. The molecule has 2 aromatic carbocycles. The molecule has 1 aliphatic heterocycles. The van der Waals surface area contributed by atoms with Crippen LogP contribution in [0.4, 0.5) is 0 Å². The quantitative estimate of drug-likeness (QED) is 0.736. The highest BCUT2D eigenvalue weighted by Crippen LogP contribution is 2.48. The monoisotopic (exact) mass is 406 g/mol. The van der Waals surface area contributed by atoms with Crippen molar-refractivity contribution in [3.05, 3.63) is 65.7 Å². The maximum absolute atomic E-state index is 12.8. The number of benzene rings is 2. The third-order valence-electron chi connectivity index (χ3n) is 6.19. The predicted molar refractivity (Wildman–Crippen MR) is 116 cm³/mol. The van der Waals surface area contributed by atoms with Gasteiger partial charge in [0.1, 0.15) is 5.75 Å². The molecule has 158 valence electrons. The molecule has 1 heterocycles. The number of carbonyl (C=O) groups is 2. The summed E-state index contributed by atoms with van der Waals surface area (Å²) in [7, 11) is 0. The number of nitrogens with zero attached hydrogens (tertiary/aromatic N) is 2. The van der Waals surface area contributed by atoms with Crippen LogP contribution in [0.1, 0.15) is 43.2 Å². The Morgan fingerprint density at radius 3 is 2.20 bits per heavy atom. The third kappa shape index (κ3) is 4.66. The lowest BCUT2D eigenvalue weighted by Gasteiger charge is -2.35. The van der Waals surface area contributed by atoms with Crippen molar-refractivity contribution in [2.45, 2.75) is 32.1 Å². The van der Waals surface area contributed by atoms with E-state index in [1.54, 1.807) is 4.90 Å². The van der Waals surface area contributed by atoms with Gasteiger partial charge in [0, 0.05) is 32.1 Å². The molecule has 1 aliphatic carbocycles. The molecule has 0 bridgehead atoms.